The van der Waals surface area contributed by atoms with Crippen molar-refractivity contribution in [3.8, 4) is 17.2 Å². The Balaban J connectivity index is 0.000000969. The Kier molecular flexibility index (Phi) is 21.1. The summed E-state index contributed by atoms with van der Waals surface area (Å²) in [6.45, 7) is 9.44. The first-order chi connectivity index (χ1) is 25.1. The Morgan fingerprint density at radius 2 is 0.929 bits per heavy atom. The van der Waals surface area contributed by atoms with Crippen LogP contribution in [-0.4, -0.2) is 36.2 Å². The highest BCUT2D eigenvalue weighted by atomic mass is 35.9. The van der Waals surface area contributed by atoms with Crippen molar-refractivity contribution in [3.05, 3.63) is 88.5 Å². The van der Waals surface area contributed by atoms with Crippen LogP contribution in [0, 0.1) is 58.2 Å². The van der Waals surface area contributed by atoms with Crippen LogP contribution in [0.4, 0.5) is 43.9 Å². The van der Waals surface area contributed by atoms with E-state index < -0.39 is 108 Å². The topological polar surface area (TPSA) is 152 Å². The van der Waals surface area contributed by atoms with Crippen LogP contribution in [0.2, 0.25) is 0 Å². The number of hydrogen-bond acceptors (Lipinski definition) is 10. The number of carbonyl (C=O) groups is 2. The Labute approximate surface area is 328 Å². The fourth-order valence-electron chi connectivity index (χ4n) is 3.21. The van der Waals surface area contributed by atoms with Gasteiger partial charge in [-0.3, -0.25) is 9.59 Å². The second kappa shape index (κ2) is 22.5. The molecule has 0 aliphatic carbocycles. The molecule has 1 unspecified atom stereocenters. The molecule has 11 nitrogen and oxygen atoms in total. The van der Waals surface area contributed by atoms with E-state index in [1.807, 2.05) is 0 Å². The molecule has 0 saturated carbocycles. The third kappa shape index (κ3) is 15.8. The molecular formula is C30H31Cl3F10N2O9P2. The lowest BCUT2D eigenvalue weighted by Gasteiger charge is -2.24. The van der Waals surface area contributed by atoms with E-state index in [1.165, 1.54) is 45.0 Å². The number of ether oxygens (including phenoxy) is 2. The fourth-order valence-corrected chi connectivity index (χ4v) is 5.52. The zero-order valence-corrected chi connectivity index (χ0v) is 33.4. The van der Waals surface area contributed by atoms with E-state index in [2.05, 4.69) is 14.1 Å². The molecule has 316 valence electrons. The van der Waals surface area contributed by atoms with Gasteiger partial charge in [0, 0.05) is 22.5 Å². The first kappa shape index (κ1) is 52.5. The molecule has 3 rings (SSSR count). The molecule has 0 radical (unpaired) electrons. The van der Waals surface area contributed by atoms with E-state index in [1.54, 1.807) is 26.8 Å². The van der Waals surface area contributed by atoms with Crippen LogP contribution in [0.5, 0.6) is 17.2 Å². The summed E-state index contributed by atoms with van der Waals surface area (Å²) in [5, 5.41) is 2.07. The van der Waals surface area contributed by atoms with Crippen molar-refractivity contribution >= 4 is 60.6 Å². The number of nitrogens with one attached hydrogen (secondary N) is 1. The fraction of sp³-hybridized carbons (Fsp3) is 0.333. The van der Waals surface area contributed by atoms with Crippen LogP contribution < -0.4 is 24.4 Å². The molecule has 3 N–H and O–H groups in total. The average Bonchev–Trinajstić information content (AvgIpc) is 3.08. The molecule has 0 fully saturated rings. The minimum absolute atomic E-state index is 0. The molecule has 0 heterocycles. The van der Waals surface area contributed by atoms with Crippen molar-refractivity contribution in [2.24, 2.45) is 5.73 Å². The van der Waals surface area contributed by atoms with Crippen molar-refractivity contribution in [1.82, 2.24) is 5.09 Å². The summed E-state index contributed by atoms with van der Waals surface area (Å²) in [7, 11) is -4.91. The molecule has 0 spiro atoms. The largest absolute Gasteiger partial charge is 0.513 e. The molecule has 0 aromatic heterocycles. The van der Waals surface area contributed by atoms with Crippen molar-refractivity contribution in [2.45, 2.75) is 65.8 Å². The van der Waals surface area contributed by atoms with Gasteiger partial charge in [0.1, 0.15) is 17.8 Å². The number of rotatable bonds is 12. The van der Waals surface area contributed by atoms with Crippen LogP contribution >= 0.6 is 48.7 Å². The van der Waals surface area contributed by atoms with Crippen LogP contribution in [0.15, 0.2) is 30.3 Å². The maximum absolute atomic E-state index is 14.0. The van der Waals surface area contributed by atoms with Gasteiger partial charge >= 0.3 is 25.8 Å². The van der Waals surface area contributed by atoms with Gasteiger partial charge in [0.25, 0.3) is 0 Å². The third-order valence-corrected chi connectivity index (χ3v) is 7.88. The molecule has 3 aromatic carbocycles. The number of nitrogens with two attached hydrogens (primary N) is 1. The lowest BCUT2D eigenvalue weighted by Crippen LogP contribution is -2.37. The number of carbonyl (C=O) groups excluding carboxylic acids is 2. The molecule has 0 saturated heterocycles. The van der Waals surface area contributed by atoms with E-state index in [9.17, 15) is 62.6 Å². The van der Waals surface area contributed by atoms with E-state index >= 15 is 0 Å². The van der Waals surface area contributed by atoms with E-state index in [0.717, 1.165) is 0 Å². The van der Waals surface area contributed by atoms with Crippen LogP contribution in [-0.2, 0) is 28.2 Å². The van der Waals surface area contributed by atoms with Gasteiger partial charge < -0.3 is 28.8 Å². The summed E-state index contributed by atoms with van der Waals surface area (Å²) in [4.78, 5) is 22.6. The molecule has 0 aliphatic heterocycles. The van der Waals surface area contributed by atoms with Gasteiger partial charge in [0.15, 0.2) is 0 Å². The summed E-state index contributed by atoms with van der Waals surface area (Å²) < 4.78 is 178. The van der Waals surface area contributed by atoms with E-state index in [4.69, 9.17) is 42.2 Å². The smallest absolute Gasteiger partial charge is 0.462 e. The molecule has 0 amide bonds. The minimum Gasteiger partial charge on any atom is -0.462 e. The van der Waals surface area contributed by atoms with Gasteiger partial charge in [0.05, 0.1) is 12.2 Å². The maximum atomic E-state index is 14.0. The Morgan fingerprint density at radius 3 is 1.25 bits per heavy atom. The molecule has 0 bridgehead atoms. The van der Waals surface area contributed by atoms with Gasteiger partial charge in [-0.2, -0.15) is 22.6 Å². The van der Waals surface area contributed by atoms with Crippen molar-refractivity contribution in [1.29, 1.82) is 0 Å². The summed E-state index contributed by atoms with van der Waals surface area (Å²) in [6, 6.07) is 5.14. The van der Waals surface area contributed by atoms with E-state index in [0.29, 0.717) is 0 Å². The quantitative estimate of drug-likeness (QED) is 0.0587. The molecule has 3 aromatic rings. The van der Waals surface area contributed by atoms with Crippen molar-refractivity contribution < 1.29 is 85.7 Å². The third-order valence-electron chi connectivity index (χ3n) is 5.50. The zero-order valence-electron chi connectivity index (χ0n) is 29.3. The van der Waals surface area contributed by atoms with Crippen LogP contribution in [0.3, 0.4) is 0 Å². The van der Waals surface area contributed by atoms with Gasteiger partial charge in [0.2, 0.25) is 69.7 Å². The second-order valence-corrected chi connectivity index (χ2v) is 16.7. The predicted octanol–water partition coefficient (Wildman–Crippen LogP) is 9.93. The van der Waals surface area contributed by atoms with Gasteiger partial charge in [-0.15, -0.1) is 12.4 Å². The molecule has 0 aliphatic rings. The molecule has 56 heavy (non-hydrogen) atoms. The van der Waals surface area contributed by atoms with Gasteiger partial charge in [-0.1, -0.05) is 18.2 Å². The van der Waals surface area contributed by atoms with Crippen LogP contribution in [0.1, 0.15) is 41.5 Å². The summed E-state index contributed by atoms with van der Waals surface area (Å²) in [5.74, 6) is -28.3. The lowest BCUT2D eigenvalue weighted by atomic mass is 10.3. The maximum Gasteiger partial charge on any atom is 0.513 e. The van der Waals surface area contributed by atoms with Crippen molar-refractivity contribution in [3.63, 3.8) is 0 Å². The second-order valence-electron chi connectivity index (χ2n) is 10.9. The molecule has 3 atom stereocenters. The molecular weight excluding hydrogens is 891 g/mol. The van der Waals surface area contributed by atoms with Gasteiger partial charge in [-0.25, -0.2) is 35.5 Å². The summed E-state index contributed by atoms with van der Waals surface area (Å²) in [5.41, 5.74) is 5.21. The Hall–Kier alpha value is -3.45. The standard InChI is InChI=1S/C18H17F5NO5P.C6Cl2F5O2P.C6H13NO2.ClH/c1-9(2)27-18(25)10(3)24-30(26,28-11-7-5-4-6-8-11)29-17-15(22)13(20)12(19)14(21)16(17)23;7-16(8,14)15-6-4(12)2(10)1(9)3(11)5(6)13;1-4(2)9-6(8)5(3)7;/h4-10H,1-3H3,(H,24,26);;4-5H,7H2,1-3H3;1H/t10-,30?;;5-;/m0.0./s1. The predicted molar refractivity (Wildman–Crippen MR) is 184 cm³/mol. The highest BCUT2D eigenvalue weighted by Gasteiger charge is 2.38. The Bertz CT molecular complexity index is 1870. The number of halogens is 13. The zero-order chi connectivity index (χ0) is 42.7. The average molecular weight is 922 g/mol. The number of hydrogen-bond donors (Lipinski definition) is 2. The SMILES string of the molecule is CC(C)OC(=O)[C@H](C)N.CC(C)OC(=O)[C@H](C)NP(=O)(Oc1ccccc1)Oc1c(F)c(F)c(F)c(F)c1F.Cl.O=P(Cl)(Cl)Oc1c(F)c(F)c(F)c(F)c1F. The highest BCUT2D eigenvalue weighted by Crippen LogP contribution is 2.58. The minimum atomic E-state index is -4.91. The number of esters is 2. The van der Waals surface area contributed by atoms with Crippen LogP contribution in [0.25, 0.3) is 0 Å². The lowest BCUT2D eigenvalue weighted by molar-refractivity contribution is -0.149. The number of benzene rings is 3. The summed E-state index contributed by atoms with van der Waals surface area (Å²) in [6.07, 6.45) is -5.10. The Morgan fingerprint density at radius 1 is 0.589 bits per heavy atom. The van der Waals surface area contributed by atoms with Crippen molar-refractivity contribution in [2.75, 3.05) is 0 Å². The van der Waals surface area contributed by atoms with E-state index in [-0.39, 0.29) is 30.2 Å². The van der Waals surface area contributed by atoms with Gasteiger partial charge in [-0.05, 0) is 53.7 Å². The normalized spacial score (nSPS) is 13.1. The first-order valence-corrected chi connectivity index (χ1v) is 19.8. The monoisotopic (exact) mass is 920 g/mol. The number of para-hydroxylation sites is 1. The highest BCUT2D eigenvalue weighted by molar-refractivity contribution is 8.05. The first-order valence-electron chi connectivity index (χ1n) is 14.8. The summed E-state index contributed by atoms with van der Waals surface area (Å²) >= 11 is 9.57. The molecule has 26 heteroatoms.